The number of hydrogen-bond donors (Lipinski definition) is 4. The Morgan fingerprint density at radius 3 is 2.52 bits per heavy atom. The largest absolute Gasteiger partial charge is 0.385 e. The van der Waals surface area contributed by atoms with Crippen LogP contribution in [0.3, 0.4) is 0 Å². The third kappa shape index (κ3) is 6.36. The van der Waals surface area contributed by atoms with Gasteiger partial charge in [-0.2, -0.15) is 5.10 Å². The SMILES string of the molecule is O=C1CCC(N2C(=O)c3ccc(NCCCCCC(=O)N4CCC(n5cc(C6CNc7ccccc7N6)cn5)CC4)cc3C2=O)C(=O)N1. The second-order valence-corrected chi connectivity index (χ2v) is 12.9. The normalized spacial score (nSPS) is 20.9. The Morgan fingerprint density at radius 1 is 0.917 bits per heavy atom. The minimum absolute atomic E-state index is 0.0845. The van der Waals surface area contributed by atoms with Gasteiger partial charge < -0.3 is 20.9 Å². The fourth-order valence-corrected chi connectivity index (χ4v) is 7.08. The standard InChI is InChI=1S/C35H40N8O5/c44-31-12-11-30(33(46)40-31)43-34(47)25-10-9-23(18-26(25)35(43)48)36-15-5-1-2-8-32(45)41-16-13-24(14-17-41)42-21-22(19-38-42)29-20-37-27-6-3-4-7-28(27)39-29/h3-4,6-7,9-10,18-19,21,24,29-30,36-37,39H,1-2,5,8,11-17,20H2,(H,40,44,46). The maximum atomic E-state index is 13.0. The fraction of sp³-hybridized carbons (Fsp3) is 0.429. The van der Waals surface area contributed by atoms with Gasteiger partial charge in [0.05, 0.1) is 40.8 Å². The van der Waals surface area contributed by atoms with Gasteiger partial charge in [-0.25, -0.2) is 0 Å². The Balaban J connectivity index is 0.808. The van der Waals surface area contributed by atoms with E-state index in [4.69, 9.17) is 0 Å². The maximum absolute atomic E-state index is 13.0. The van der Waals surface area contributed by atoms with E-state index in [1.165, 1.54) is 0 Å². The molecule has 250 valence electrons. The topological polar surface area (TPSA) is 158 Å². The summed E-state index contributed by atoms with van der Waals surface area (Å²) in [5.41, 5.74) is 4.59. The molecule has 2 aromatic carbocycles. The molecule has 4 aliphatic heterocycles. The number of imide groups is 2. The highest BCUT2D eigenvalue weighted by atomic mass is 16.2. The summed E-state index contributed by atoms with van der Waals surface area (Å²) in [6.45, 7) is 2.92. The first kappa shape index (κ1) is 31.4. The van der Waals surface area contributed by atoms with Crippen LogP contribution in [0.25, 0.3) is 0 Å². The zero-order valence-electron chi connectivity index (χ0n) is 26.7. The van der Waals surface area contributed by atoms with Crippen LogP contribution < -0.4 is 21.3 Å². The first-order chi connectivity index (χ1) is 23.4. The number of fused-ring (bicyclic) bond motifs is 2. The molecule has 48 heavy (non-hydrogen) atoms. The summed E-state index contributed by atoms with van der Waals surface area (Å²) in [6.07, 6.45) is 9.11. The summed E-state index contributed by atoms with van der Waals surface area (Å²) >= 11 is 0. The number of piperidine rings is 2. The van der Waals surface area contributed by atoms with Crippen LogP contribution in [0.15, 0.2) is 54.9 Å². The molecule has 1 aromatic heterocycles. The van der Waals surface area contributed by atoms with Gasteiger partial charge in [0.2, 0.25) is 17.7 Å². The lowest BCUT2D eigenvalue weighted by molar-refractivity contribution is -0.136. The summed E-state index contributed by atoms with van der Waals surface area (Å²) < 4.78 is 2.06. The van der Waals surface area contributed by atoms with Gasteiger partial charge in [0.25, 0.3) is 11.8 Å². The smallest absolute Gasteiger partial charge is 0.262 e. The molecule has 5 heterocycles. The Hall–Kier alpha value is -5.20. The molecule has 0 saturated carbocycles. The third-order valence-electron chi connectivity index (χ3n) is 9.80. The van der Waals surface area contributed by atoms with E-state index in [-0.39, 0.29) is 42.0 Å². The number of anilines is 3. The van der Waals surface area contributed by atoms with Crippen molar-refractivity contribution in [1.29, 1.82) is 0 Å². The second-order valence-electron chi connectivity index (χ2n) is 12.9. The van der Waals surface area contributed by atoms with Gasteiger partial charge in [-0.3, -0.25) is 38.9 Å². The molecule has 5 amide bonds. The van der Waals surface area contributed by atoms with Crippen molar-refractivity contribution in [3.05, 3.63) is 71.5 Å². The van der Waals surface area contributed by atoms with E-state index in [1.54, 1.807) is 18.2 Å². The number of para-hydroxylation sites is 2. The van der Waals surface area contributed by atoms with Gasteiger partial charge in [0, 0.05) is 56.5 Å². The number of aromatic nitrogens is 2. The lowest BCUT2D eigenvalue weighted by Crippen LogP contribution is -2.54. The Morgan fingerprint density at radius 2 is 1.71 bits per heavy atom. The molecule has 13 nitrogen and oxygen atoms in total. The van der Waals surface area contributed by atoms with Crippen molar-refractivity contribution in [3.8, 4) is 0 Å². The minimum Gasteiger partial charge on any atom is -0.385 e. The molecule has 2 unspecified atom stereocenters. The van der Waals surface area contributed by atoms with Crippen molar-refractivity contribution in [3.63, 3.8) is 0 Å². The van der Waals surface area contributed by atoms with E-state index in [2.05, 4.69) is 49.4 Å². The molecule has 0 aliphatic carbocycles. The van der Waals surface area contributed by atoms with Crippen molar-refractivity contribution in [2.75, 3.05) is 42.1 Å². The summed E-state index contributed by atoms with van der Waals surface area (Å²) in [7, 11) is 0. The van der Waals surface area contributed by atoms with Gasteiger partial charge in [-0.1, -0.05) is 18.6 Å². The van der Waals surface area contributed by atoms with Crippen LogP contribution in [0, 0.1) is 0 Å². The van der Waals surface area contributed by atoms with Crippen molar-refractivity contribution in [2.24, 2.45) is 0 Å². The predicted octanol–water partition coefficient (Wildman–Crippen LogP) is 3.70. The summed E-state index contributed by atoms with van der Waals surface area (Å²) in [6, 6.07) is 12.7. The van der Waals surface area contributed by atoms with Crippen LogP contribution in [0.5, 0.6) is 0 Å². The highest BCUT2D eigenvalue weighted by molar-refractivity contribution is 6.23. The Bertz CT molecular complexity index is 1750. The highest BCUT2D eigenvalue weighted by Gasteiger charge is 2.44. The highest BCUT2D eigenvalue weighted by Crippen LogP contribution is 2.33. The number of nitrogens with zero attached hydrogens (tertiary/aromatic N) is 4. The molecule has 4 aliphatic rings. The number of likely N-dealkylation sites (tertiary alicyclic amines) is 1. The molecule has 0 bridgehead atoms. The van der Waals surface area contributed by atoms with Gasteiger partial charge in [-0.05, 0) is 62.4 Å². The van der Waals surface area contributed by atoms with E-state index in [1.807, 2.05) is 23.2 Å². The van der Waals surface area contributed by atoms with Crippen LogP contribution in [-0.4, -0.2) is 81.3 Å². The number of benzene rings is 2. The second kappa shape index (κ2) is 13.5. The van der Waals surface area contributed by atoms with Crippen molar-refractivity contribution >= 4 is 46.6 Å². The molecule has 2 saturated heterocycles. The average molecular weight is 653 g/mol. The zero-order valence-corrected chi connectivity index (χ0v) is 26.7. The zero-order chi connectivity index (χ0) is 33.2. The minimum atomic E-state index is -0.980. The van der Waals surface area contributed by atoms with Gasteiger partial charge in [-0.15, -0.1) is 0 Å². The summed E-state index contributed by atoms with van der Waals surface area (Å²) in [4.78, 5) is 65.6. The van der Waals surface area contributed by atoms with E-state index >= 15 is 0 Å². The fourth-order valence-electron chi connectivity index (χ4n) is 7.08. The van der Waals surface area contributed by atoms with Crippen LogP contribution in [0.2, 0.25) is 0 Å². The lowest BCUT2D eigenvalue weighted by atomic mass is 10.0. The quantitative estimate of drug-likeness (QED) is 0.189. The molecule has 13 heteroatoms. The monoisotopic (exact) mass is 652 g/mol. The first-order valence-corrected chi connectivity index (χ1v) is 16.9. The van der Waals surface area contributed by atoms with Gasteiger partial charge in [0.15, 0.2) is 0 Å². The number of carbonyl (C=O) groups excluding carboxylic acids is 5. The summed E-state index contributed by atoms with van der Waals surface area (Å²) in [5.74, 6) is -1.87. The Kier molecular flexibility index (Phi) is 8.83. The molecule has 0 radical (unpaired) electrons. The van der Waals surface area contributed by atoms with Crippen molar-refractivity contribution in [2.45, 2.75) is 69.5 Å². The molecule has 0 spiro atoms. The first-order valence-electron chi connectivity index (χ1n) is 16.9. The number of hydrogen-bond acceptors (Lipinski definition) is 9. The summed E-state index contributed by atoms with van der Waals surface area (Å²) in [5, 5.41) is 17.3. The van der Waals surface area contributed by atoms with Crippen LogP contribution in [0.4, 0.5) is 17.1 Å². The maximum Gasteiger partial charge on any atom is 0.262 e. The number of unbranched alkanes of at least 4 members (excludes halogenated alkanes) is 2. The van der Waals surface area contributed by atoms with Crippen molar-refractivity contribution in [1.82, 2.24) is 24.9 Å². The lowest BCUT2D eigenvalue weighted by Gasteiger charge is -2.32. The van der Waals surface area contributed by atoms with E-state index in [9.17, 15) is 24.0 Å². The number of amides is 5. The number of carbonyl (C=O) groups is 5. The average Bonchev–Trinajstić information content (AvgIpc) is 3.69. The Labute approximate surface area is 278 Å². The molecule has 2 atom stereocenters. The molecule has 4 N–H and O–H groups in total. The van der Waals surface area contributed by atoms with E-state index < -0.39 is 29.7 Å². The number of rotatable bonds is 10. The third-order valence-corrected chi connectivity index (χ3v) is 9.80. The predicted molar refractivity (Wildman–Crippen MR) is 178 cm³/mol. The molecular weight excluding hydrogens is 612 g/mol. The van der Waals surface area contributed by atoms with Crippen molar-refractivity contribution < 1.29 is 24.0 Å². The van der Waals surface area contributed by atoms with Crippen LogP contribution >= 0.6 is 0 Å². The molecule has 3 aromatic rings. The van der Waals surface area contributed by atoms with Gasteiger partial charge >= 0.3 is 0 Å². The van der Waals surface area contributed by atoms with Gasteiger partial charge in [0.1, 0.15) is 6.04 Å². The van der Waals surface area contributed by atoms with Crippen LogP contribution in [0.1, 0.15) is 89.7 Å². The molecule has 7 rings (SSSR count). The van der Waals surface area contributed by atoms with E-state index in [0.717, 1.165) is 73.6 Å². The van der Waals surface area contributed by atoms with E-state index in [0.29, 0.717) is 18.7 Å². The number of nitrogens with one attached hydrogen (secondary N) is 4. The van der Waals surface area contributed by atoms with Crippen LogP contribution in [-0.2, 0) is 14.4 Å². The molecule has 2 fully saturated rings. The molecular formula is C35H40N8O5.